The minimum absolute atomic E-state index is 0.0165. The predicted octanol–water partition coefficient (Wildman–Crippen LogP) is 5.99. The van der Waals surface area contributed by atoms with Crippen LogP contribution in [0.4, 0.5) is 0 Å². The van der Waals surface area contributed by atoms with Crippen molar-refractivity contribution >= 4 is 32.9 Å². The van der Waals surface area contributed by atoms with Crippen molar-refractivity contribution in [1.82, 2.24) is 14.9 Å². The third-order valence-corrected chi connectivity index (χ3v) is 5.91. The maximum atomic E-state index is 12.2. The molecular weight excluding hydrogens is 450 g/mol. The first-order valence-corrected chi connectivity index (χ1v) is 11.5. The van der Waals surface area contributed by atoms with Crippen LogP contribution in [0.5, 0.6) is 0 Å². The largest absolute Gasteiger partial charge is 0.352 e. The highest BCUT2D eigenvalue weighted by Crippen LogP contribution is 2.19. The van der Waals surface area contributed by atoms with Crippen LogP contribution in [-0.4, -0.2) is 22.0 Å². The number of aryl methyl sites for hydroxylation is 1. The highest BCUT2D eigenvalue weighted by atomic mass is 79.9. The SMILES string of the molecule is O=C(NCCCCCc1nc2ccccc2n1Cc1ccccc1)c1ccc(Br)cc1. The van der Waals surface area contributed by atoms with E-state index >= 15 is 0 Å². The van der Waals surface area contributed by atoms with Gasteiger partial charge in [-0.25, -0.2) is 4.98 Å². The van der Waals surface area contributed by atoms with Crippen LogP contribution in [0.25, 0.3) is 11.0 Å². The third kappa shape index (κ3) is 5.61. The molecule has 0 saturated carbocycles. The standard InChI is InChI=1S/C26H26BrN3O/c27-22-16-14-21(15-17-22)26(31)28-18-8-2-5-13-25-29-23-11-6-7-12-24(23)30(25)19-20-9-3-1-4-10-20/h1,3-4,6-7,9-12,14-17H,2,5,8,13,18-19H2,(H,28,31). The van der Waals surface area contributed by atoms with E-state index in [0.29, 0.717) is 12.1 Å². The summed E-state index contributed by atoms with van der Waals surface area (Å²) < 4.78 is 3.31. The molecule has 1 N–H and O–H groups in total. The van der Waals surface area contributed by atoms with Gasteiger partial charge in [0.25, 0.3) is 5.91 Å². The predicted molar refractivity (Wildman–Crippen MR) is 129 cm³/mol. The Morgan fingerprint density at radius 3 is 2.42 bits per heavy atom. The van der Waals surface area contributed by atoms with Gasteiger partial charge >= 0.3 is 0 Å². The number of benzene rings is 3. The molecule has 0 saturated heterocycles. The molecule has 4 rings (SSSR count). The van der Waals surface area contributed by atoms with Crippen molar-refractivity contribution in [3.05, 3.63) is 100 Å². The number of carbonyl (C=O) groups is 1. The highest BCUT2D eigenvalue weighted by Gasteiger charge is 2.11. The third-order valence-electron chi connectivity index (χ3n) is 5.39. The van der Waals surface area contributed by atoms with Gasteiger partial charge in [0.05, 0.1) is 11.0 Å². The van der Waals surface area contributed by atoms with Gasteiger partial charge in [0, 0.05) is 29.5 Å². The molecule has 0 radical (unpaired) electrons. The van der Waals surface area contributed by atoms with E-state index in [1.165, 1.54) is 11.1 Å². The van der Waals surface area contributed by atoms with Crippen LogP contribution < -0.4 is 5.32 Å². The normalized spacial score (nSPS) is 11.0. The molecule has 0 fully saturated rings. The molecule has 31 heavy (non-hydrogen) atoms. The molecule has 158 valence electrons. The molecule has 4 nitrogen and oxygen atoms in total. The minimum atomic E-state index is -0.0165. The summed E-state index contributed by atoms with van der Waals surface area (Å²) in [5, 5.41) is 3.01. The number of rotatable bonds is 9. The Morgan fingerprint density at radius 1 is 0.871 bits per heavy atom. The molecule has 0 atom stereocenters. The summed E-state index contributed by atoms with van der Waals surface area (Å²) >= 11 is 3.39. The number of fused-ring (bicyclic) bond motifs is 1. The van der Waals surface area contributed by atoms with Crippen molar-refractivity contribution in [1.29, 1.82) is 0 Å². The number of unbranched alkanes of at least 4 members (excludes halogenated alkanes) is 2. The maximum Gasteiger partial charge on any atom is 0.251 e. The Balaban J connectivity index is 1.30. The van der Waals surface area contributed by atoms with Crippen LogP contribution in [-0.2, 0) is 13.0 Å². The Kier molecular flexibility index (Phi) is 7.15. The van der Waals surface area contributed by atoms with E-state index in [-0.39, 0.29) is 5.91 Å². The molecule has 0 aliphatic carbocycles. The van der Waals surface area contributed by atoms with E-state index in [2.05, 4.69) is 68.3 Å². The number of carbonyl (C=O) groups excluding carboxylic acids is 1. The second-order valence-corrected chi connectivity index (χ2v) is 8.58. The summed E-state index contributed by atoms with van der Waals surface area (Å²) in [6.45, 7) is 1.52. The first-order valence-electron chi connectivity index (χ1n) is 10.7. The molecule has 0 spiro atoms. The zero-order valence-corrected chi connectivity index (χ0v) is 19.0. The lowest BCUT2D eigenvalue weighted by molar-refractivity contribution is 0.0953. The number of hydrogen-bond donors (Lipinski definition) is 1. The average Bonchev–Trinajstić information content (AvgIpc) is 3.14. The smallest absolute Gasteiger partial charge is 0.251 e. The molecule has 4 aromatic rings. The highest BCUT2D eigenvalue weighted by molar-refractivity contribution is 9.10. The van der Waals surface area contributed by atoms with Gasteiger partial charge in [0.2, 0.25) is 0 Å². The van der Waals surface area contributed by atoms with Crippen molar-refractivity contribution in [2.24, 2.45) is 0 Å². The Bertz CT molecular complexity index is 1140. The van der Waals surface area contributed by atoms with E-state index in [1.54, 1.807) is 0 Å². The van der Waals surface area contributed by atoms with Gasteiger partial charge in [0.1, 0.15) is 5.82 Å². The number of imidazole rings is 1. The minimum Gasteiger partial charge on any atom is -0.352 e. The van der Waals surface area contributed by atoms with Crippen molar-refractivity contribution < 1.29 is 4.79 Å². The Hall–Kier alpha value is -2.92. The van der Waals surface area contributed by atoms with Gasteiger partial charge < -0.3 is 9.88 Å². The summed E-state index contributed by atoms with van der Waals surface area (Å²) in [4.78, 5) is 17.1. The van der Waals surface area contributed by atoms with E-state index in [4.69, 9.17) is 4.98 Å². The van der Waals surface area contributed by atoms with Crippen LogP contribution in [0.2, 0.25) is 0 Å². The zero-order chi connectivity index (χ0) is 21.5. The number of aromatic nitrogens is 2. The van der Waals surface area contributed by atoms with Gasteiger partial charge in [-0.1, -0.05) is 64.8 Å². The Morgan fingerprint density at radius 2 is 1.61 bits per heavy atom. The Labute approximate surface area is 191 Å². The molecule has 1 heterocycles. The lowest BCUT2D eigenvalue weighted by Crippen LogP contribution is -2.24. The monoisotopic (exact) mass is 475 g/mol. The van der Waals surface area contributed by atoms with Crippen LogP contribution >= 0.6 is 15.9 Å². The molecule has 1 aromatic heterocycles. The number of nitrogens with one attached hydrogen (secondary N) is 1. The molecule has 0 bridgehead atoms. The van der Waals surface area contributed by atoms with Crippen molar-refractivity contribution in [3.63, 3.8) is 0 Å². The first-order chi connectivity index (χ1) is 15.2. The van der Waals surface area contributed by atoms with E-state index in [0.717, 1.165) is 48.0 Å². The number of nitrogens with zero attached hydrogens (tertiary/aromatic N) is 2. The molecule has 1 amide bonds. The van der Waals surface area contributed by atoms with Crippen molar-refractivity contribution in [2.45, 2.75) is 32.2 Å². The number of amides is 1. The maximum absolute atomic E-state index is 12.2. The van der Waals surface area contributed by atoms with Gasteiger partial charge in [0.15, 0.2) is 0 Å². The van der Waals surface area contributed by atoms with Crippen LogP contribution in [0.1, 0.15) is 41.0 Å². The van der Waals surface area contributed by atoms with Crippen molar-refractivity contribution in [2.75, 3.05) is 6.54 Å². The van der Waals surface area contributed by atoms with Crippen molar-refractivity contribution in [3.8, 4) is 0 Å². The number of hydrogen-bond acceptors (Lipinski definition) is 2. The average molecular weight is 476 g/mol. The lowest BCUT2D eigenvalue weighted by Gasteiger charge is -2.10. The lowest BCUT2D eigenvalue weighted by atomic mass is 10.1. The van der Waals surface area contributed by atoms with Gasteiger partial charge in [-0.15, -0.1) is 0 Å². The number of halogens is 1. The van der Waals surface area contributed by atoms with Gasteiger partial charge in [-0.05, 0) is 54.8 Å². The van der Waals surface area contributed by atoms with E-state index in [9.17, 15) is 4.79 Å². The summed E-state index contributed by atoms with van der Waals surface area (Å²) in [5.74, 6) is 1.11. The second kappa shape index (κ2) is 10.4. The fraction of sp³-hybridized carbons (Fsp3) is 0.231. The van der Waals surface area contributed by atoms with Crippen LogP contribution in [0.3, 0.4) is 0 Å². The summed E-state index contributed by atoms with van der Waals surface area (Å²) in [6.07, 6.45) is 3.99. The second-order valence-electron chi connectivity index (χ2n) is 7.66. The molecule has 5 heteroatoms. The summed E-state index contributed by atoms with van der Waals surface area (Å²) in [7, 11) is 0. The van der Waals surface area contributed by atoms with Gasteiger partial charge in [-0.3, -0.25) is 4.79 Å². The summed E-state index contributed by atoms with van der Waals surface area (Å²) in [5.41, 5.74) is 4.21. The van der Waals surface area contributed by atoms with Gasteiger partial charge in [-0.2, -0.15) is 0 Å². The van der Waals surface area contributed by atoms with E-state index < -0.39 is 0 Å². The quantitative estimate of drug-likeness (QED) is 0.302. The summed E-state index contributed by atoms with van der Waals surface area (Å²) in [6, 6.07) is 26.3. The first kappa shape index (κ1) is 21.3. The molecule has 3 aromatic carbocycles. The molecule has 0 aliphatic rings. The molecular formula is C26H26BrN3O. The van der Waals surface area contributed by atoms with E-state index in [1.807, 2.05) is 36.4 Å². The molecule has 0 aliphatic heterocycles. The fourth-order valence-corrected chi connectivity index (χ4v) is 4.01. The fourth-order valence-electron chi connectivity index (χ4n) is 3.75. The van der Waals surface area contributed by atoms with Crippen LogP contribution in [0, 0.1) is 0 Å². The zero-order valence-electron chi connectivity index (χ0n) is 17.4. The topological polar surface area (TPSA) is 46.9 Å². The molecule has 0 unspecified atom stereocenters. The van der Waals surface area contributed by atoms with Crippen LogP contribution in [0.15, 0.2) is 83.3 Å². The number of para-hydroxylation sites is 2.